The Balaban J connectivity index is 1.48. The van der Waals surface area contributed by atoms with E-state index in [-0.39, 0.29) is 11.9 Å². The fraction of sp³-hybridized carbons (Fsp3) is 0.550. The van der Waals surface area contributed by atoms with E-state index in [1.807, 2.05) is 41.6 Å². The molecule has 1 atom stereocenters. The van der Waals surface area contributed by atoms with E-state index in [1.54, 1.807) is 0 Å². The molecule has 2 aliphatic heterocycles. The molecule has 1 aromatic heterocycles. The van der Waals surface area contributed by atoms with Crippen LogP contribution in [0.1, 0.15) is 36.2 Å². The zero-order valence-corrected chi connectivity index (χ0v) is 17.8. The summed E-state index contributed by atoms with van der Waals surface area (Å²) >= 11 is 7.21. The van der Waals surface area contributed by atoms with E-state index in [9.17, 15) is 4.79 Å². The van der Waals surface area contributed by atoms with Crippen molar-refractivity contribution in [3.8, 4) is 0 Å². The van der Waals surface area contributed by atoms with Crippen molar-refractivity contribution in [3.05, 3.63) is 46.5 Å². The van der Waals surface area contributed by atoms with Crippen LogP contribution in [0.3, 0.4) is 0 Å². The molecule has 1 amide bonds. The summed E-state index contributed by atoms with van der Waals surface area (Å²) in [5.41, 5.74) is 1.11. The van der Waals surface area contributed by atoms with E-state index in [2.05, 4.69) is 32.1 Å². The van der Waals surface area contributed by atoms with Gasteiger partial charge in [0.1, 0.15) is 11.9 Å². The van der Waals surface area contributed by atoms with E-state index in [4.69, 9.17) is 12.2 Å². The summed E-state index contributed by atoms with van der Waals surface area (Å²) in [5.74, 6) is 3.79. The molecule has 6 nitrogen and oxygen atoms in total. The molecular formula is C20H27N5OS2. The van der Waals surface area contributed by atoms with Gasteiger partial charge in [-0.1, -0.05) is 30.3 Å². The Kier molecular flexibility index (Phi) is 6.18. The molecule has 150 valence electrons. The normalized spacial score (nSPS) is 20.2. The number of nitrogens with one attached hydrogen (secondary N) is 1. The van der Waals surface area contributed by atoms with Crippen molar-refractivity contribution < 1.29 is 4.79 Å². The number of aromatic amines is 1. The molecule has 2 fully saturated rings. The fourth-order valence-electron chi connectivity index (χ4n) is 4.24. The smallest absolute Gasteiger partial charge is 0.244 e. The summed E-state index contributed by atoms with van der Waals surface area (Å²) in [5, 5.41) is 7.27. The predicted octanol–water partition coefficient (Wildman–Crippen LogP) is 2.97. The number of H-pyrrole nitrogens is 1. The standard InChI is InChI=1S/C20H27N5OS2/c1-23-18(21-22-20(23)27)16-7-9-25(10-8-16)19(26)17(15-5-3-2-4-6-15)24-11-13-28-14-12-24/h2-6,16-17H,7-14H2,1H3,(H,22,27). The van der Waals surface area contributed by atoms with Crippen molar-refractivity contribution in [2.24, 2.45) is 7.05 Å². The van der Waals surface area contributed by atoms with E-state index >= 15 is 0 Å². The van der Waals surface area contributed by atoms with Crippen LogP contribution in [0.5, 0.6) is 0 Å². The third kappa shape index (κ3) is 4.04. The Morgan fingerprint density at radius 3 is 2.46 bits per heavy atom. The third-order valence-electron chi connectivity index (χ3n) is 5.85. The van der Waals surface area contributed by atoms with Crippen LogP contribution >= 0.6 is 24.0 Å². The molecular weight excluding hydrogens is 390 g/mol. The van der Waals surface area contributed by atoms with Gasteiger partial charge in [0.05, 0.1) is 0 Å². The Morgan fingerprint density at radius 2 is 1.86 bits per heavy atom. The van der Waals surface area contributed by atoms with Gasteiger partial charge >= 0.3 is 0 Å². The van der Waals surface area contributed by atoms with Gasteiger partial charge < -0.3 is 9.47 Å². The number of hydrogen-bond acceptors (Lipinski definition) is 5. The third-order valence-corrected chi connectivity index (χ3v) is 7.15. The van der Waals surface area contributed by atoms with Gasteiger partial charge in [-0.15, -0.1) is 0 Å². The van der Waals surface area contributed by atoms with E-state index in [1.165, 1.54) is 0 Å². The Hall–Kier alpha value is -1.64. The zero-order valence-electron chi connectivity index (χ0n) is 16.2. The van der Waals surface area contributed by atoms with Crippen molar-refractivity contribution in [3.63, 3.8) is 0 Å². The molecule has 2 aliphatic rings. The molecule has 0 bridgehead atoms. The van der Waals surface area contributed by atoms with Crippen molar-refractivity contribution in [2.75, 3.05) is 37.7 Å². The van der Waals surface area contributed by atoms with Crippen molar-refractivity contribution in [1.29, 1.82) is 0 Å². The average Bonchev–Trinajstić information content (AvgIpc) is 3.08. The van der Waals surface area contributed by atoms with Gasteiger partial charge in [0, 0.05) is 50.7 Å². The molecule has 8 heteroatoms. The Morgan fingerprint density at radius 1 is 1.18 bits per heavy atom. The molecule has 4 rings (SSSR count). The van der Waals surface area contributed by atoms with E-state index < -0.39 is 0 Å². The molecule has 0 radical (unpaired) electrons. The van der Waals surface area contributed by atoms with Crippen LogP contribution in [0.15, 0.2) is 30.3 Å². The van der Waals surface area contributed by atoms with Crippen molar-refractivity contribution in [1.82, 2.24) is 24.6 Å². The fourth-order valence-corrected chi connectivity index (χ4v) is 5.31. The van der Waals surface area contributed by atoms with Crippen LogP contribution in [0, 0.1) is 4.77 Å². The minimum atomic E-state index is -0.167. The first-order chi connectivity index (χ1) is 13.6. The van der Waals surface area contributed by atoms with Gasteiger partial charge in [-0.05, 0) is 30.6 Å². The van der Waals surface area contributed by atoms with Crippen LogP contribution < -0.4 is 0 Å². The van der Waals surface area contributed by atoms with Gasteiger partial charge in [-0.25, -0.2) is 0 Å². The number of nitrogens with zero attached hydrogens (tertiary/aromatic N) is 4. The van der Waals surface area contributed by atoms with Crippen molar-refractivity contribution in [2.45, 2.75) is 24.8 Å². The lowest BCUT2D eigenvalue weighted by Gasteiger charge is -2.39. The average molecular weight is 418 g/mol. The summed E-state index contributed by atoms with van der Waals surface area (Å²) < 4.78 is 2.61. The monoisotopic (exact) mass is 417 g/mol. The molecule has 28 heavy (non-hydrogen) atoms. The lowest BCUT2D eigenvalue weighted by atomic mass is 9.94. The quantitative estimate of drug-likeness (QED) is 0.775. The SMILES string of the molecule is Cn1c(C2CCN(C(=O)C(c3ccccc3)N3CCSCC3)CC2)n[nH]c1=S. The second-order valence-corrected chi connectivity index (χ2v) is 9.12. The number of rotatable bonds is 4. The number of benzene rings is 1. The predicted molar refractivity (Wildman–Crippen MR) is 115 cm³/mol. The van der Waals surface area contributed by atoms with Gasteiger partial charge in [-0.2, -0.15) is 16.9 Å². The molecule has 2 saturated heterocycles. The van der Waals surface area contributed by atoms with Gasteiger partial charge in [-0.3, -0.25) is 14.8 Å². The zero-order chi connectivity index (χ0) is 19.5. The van der Waals surface area contributed by atoms with Crippen LogP contribution in [-0.4, -0.2) is 68.2 Å². The minimum absolute atomic E-state index is 0.167. The van der Waals surface area contributed by atoms with Gasteiger partial charge in [0.2, 0.25) is 5.91 Å². The highest BCUT2D eigenvalue weighted by molar-refractivity contribution is 7.99. The molecule has 0 spiro atoms. The summed E-state index contributed by atoms with van der Waals surface area (Å²) in [7, 11) is 1.96. The molecule has 1 N–H and O–H groups in total. The summed E-state index contributed by atoms with van der Waals surface area (Å²) in [6.45, 7) is 3.48. The number of likely N-dealkylation sites (tertiary alicyclic amines) is 1. The van der Waals surface area contributed by atoms with Gasteiger partial charge in [0.15, 0.2) is 4.77 Å². The summed E-state index contributed by atoms with van der Waals surface area (Å²) in [6, 6.07) is 10.1. The summed E-state index contributed by atoms with van der Waals surface area (Å²) in [6.07, 6.45) is 1.85. The number of aromatic nitrogens is 3. The van der Waals surface area contributed by atoms with E-state index in [0.717, 1.165) is 61.9 Å². The molecule has 2 aromatic rings. The second-order valence-electron chi connectivity index (χ2n) is 7.51. The highest BCUT2D eigenvalue weighted by Gasteiger charge is 2.34. The first-order valence-electron chi connectivity index (χ1n) is 9.92. The molecule has 1 aromatic carbocycles. The van der Waals surface area contributed by atoms with Crippen LogP contribution in [0.2, 0.25) is 0 Å². The molecule has 1 unspecified atom stereocenters. The highest BCUT2D eigenvalue weighted by Crippen LogP contribution is 2.31. The lowest BCUT2D eigenvalue weighted by Crippen LogP contribution is -2.48. The number of carbonyl (C=O) groups excluding carboxylic acids is 1. The maximum Gasteiger partial charge on any atom is 0.244 e. The van der Waals surface area contributed by atoms with Crippen LogP contribution in [0.25, 0.3) is 0 Å². The van der Waals surface area contributed by atoms with E-state index in [0.29, 0.717) is 10.7 Å². The minimum Gasteiger partial charge on any atom is -0.341 e. The number of thioether (sulfide) groups is 1. The van der Waals surface area contributed by atoms with Crippen molar-refractivity contribution >= 4 is 29.9 Å². The molecule has 3 heterocycles. The topological polar surface area (TPSA) is 57.2 Å². The maximum absolute atomic E-state index is 13.5. The first kappa shape index (κ1) is 19.7. The van der Waals surface area contributed by atoms with Crippen LogP contribution in [0.4, 0.5) is 0 Å². The maximum atomic E-state index is 13.5. The lowest BCUT2D eigenvalue weighted by molar-refractivity contribution is -0.138. The summed E-state index contributed by atoms with van der Waals surface area (Å²) in [4.78, 5) is 18.0. The highest BCUT2D eigenvalue weighted by atomic mass is 32.2. The number of amides is 1. The van der Waals surface area contributed by atoms with Crippen LogP contribution in [-0.2, 0) is 11.8 Å². The number of hydrogen-bond donors (Lipinski definition) is 1. The largest absolute Gasteiger partial charge is 0.341 e. The molecule has 0 aliphatic carbocycles. The number of piperidine rings is 1. The molecule has 0 saturated carbocycles. The first-order valence-corrected chi connectivity index (χ1v) is 11.5. The Labute approximate surface area is 175 Å². The Bertz CT molecular complexity index is 851. The van der Waals surface area contributed by atoms with Gasteiger partial charge in [0.25, 0.3) is 0 Å². The number of carbonyl (C=O) groups is 1. The second kappa shape index (κ2) is 8.80.